The Balaban J connectivity index is 2.08. The number of hydrogen-bond donors (Lipinski definition) is 1. The largest absolute Gasteiger partial charge is 0.496 e. The van der Waals surface area contributed by atoms with Crippen molar-refractivity contribution >= 4 is 17.3 Å². The summed E-state index contributed by atoms with van der Waals surface area (Å²) >= 11 is 5.84. The number of methoxy groups -OCH3 is 1. The molecule has 2 aromatic rings. The minimum absolute atomic E-state index is 0.455. The van der Waals surface area contributed by atoms with Crippen LogP contribution in [0.1, 0.15) is 11.1 Å². The van der Waals surface area contributed by atoms with Crippen molar-refractivity contribution in [1.82, 2.24) is 0 Å². The van der Waals surface area contributed by atoms with Crippen LogP contribution in [0.5, 0.6) is 11.5 Å². The van der Waals surface area contributed by atoms with Gasteiger partial charge in [-0.2, -0.15) is 0 Å². The van der Waals surface area contributed by atoms with Crippen molar-refractivity contribution in [3.8, 4) is 11.5 Å². The van der Waals surface area contributed by atoms with Crippen molar-refractivity contribution in [1.29, 1.82) is 0 Å². The number of rotatable bonds is 4. The van der Waals surface area contributed by atoms with E-state index in [0.29, 0.717) is 23.1 Å². The second-order valence-corrected chi connectivity index (χ2v) is 4.71. The predicted molar refractivity (Wildman–Crippen MR) is 77.9 cm³/mol. The summed E-state index contributed by atoms with van der Waals surface area (Å²) in [7, 11) is 1.66. The minimum atomic E-state index is 0.455. The summed E-state index contributed by atoms with van der Waals surface area (Å²) in [6, 6.07) is 11.1. The topological polar surface area (TPSA) is 44.5 Å². The van der Waals surface area contributed by atoms with Crippen molar-refractivity contribution in [3.63, 3.8) is 0 Å². The van der Waals surface area contributed by atoms with Crippen LogP contribution in [0.2, 0.25) is 5.02 Å². The monoisotopic (exact) mass is 277 g/mol. The molecule has 0 radical (unpaired) electrons. The number of hydrogen-bond acceptors (Lipinski definition) is 3. The molecule has 2 N–H and O–H groups in total. The molecule has 0 aliphatic rings. The Morgan fingerprint density at radius 2 is 1.84 bits per heavy atom. The van der Waals surface area contributed by atoms with Gasteiger partial charge < -0.3 is 15.2 Å². The molecule has 0 aliphatic heterocycles. The van der Waals surface area contributed by atoms with Crippen LogP contribution in [0.15, 0.2) is 36.4 Å². The van der Waals surface area contributed by atoms with Gasteiger partial charge in [-0.1, -0.05) is 17.7 Å². The molecule has 0 saturated heterocycles. The first kappa shape index (κ1) is 13.6. The molecule has 19 heavy (non-hydrogen) atoms. The second kappa shape index (κ2) is 5.85. The lowest BCUT2D eigenvalue weighted by atomic mass is 10.1. The molecule has 0 unspecified atom stereocenters. The van der Waals surface area contributed by atoms with Crippen LogP contribution < -0.4 is 15.2 Å². The van der Waals surface area contributed by atoms with Crippen molar-refractivity contribution in [2.75, 3.05) is 12.8 Å². The van der Waals surface area contributed by atoms with Gasteiger partial charge in [0.15, 0.2) is 0 Å². The summed E-state index contributed by atoms with van der Waals surface area (Å²) in [6.07, 6.45) is 0. The van der Waals surface area contributed by atoms with E-state index in [-0.39, 0.29) is 0 Å². The van der Waals surface area contributed by atoms with Gasteiger partial charge in [-0.05, 0) is 48.4 Å². The molecule has 4 heteroatoms. The number of benzene rings is 2. The van der Waals surface area contributed by atoms with E-state index in [1.54, 1.807) is 25.3 Å². The molecular weight excluding hydrogens is 262 g/mol. The molecule has 0 heterocycles. The minimum Gasteiger partial charge on any atom is -0.496 e. The first-order valence-corrected chi connectivity index (χ1v) is 6.29. The number of anilines is 1. The molecular formula is C15H16ClNO2. The van der Waals surface area contributed by atoms with Gasteiger partial charge in [0, 0.05) is 5.02 Å². The number of nitrogen functional groups attached to an aromatic ring is 1. The van der Waals surface area contributed by atoms with Gasteiger partial charge >= 0.3 is 0 Å². The highest BCUT2D eigenvalue weighted by molar-refractivity contribution is 6.30. The lowest BCUT2D eigenvalue weighted by molar-refractivity contribution is 0.307. The van der Waals surface area contributed by atoms with Crippen LogP contribution in [0.4, 0.5) is 5.69 Å². The fraction of sp³-hybridized carbons (Fsp3) is 0.200. The maximum absolute atomic E-state index is 5.84. The molecule has 2 rings (SSSR count). The Bertz CT molecular complexity index is 584. The van der Waals surface area contributed by atoms with E-state index >= 15 is 0 Å². The normalized spacial score (nSPS) is 10.3. The summed E-state index contributed by atoms with van der Waals surface area (Å²) in [5.41, 5.74) is 8.51. The summed E-state index contributed by atoms with van der Waals surface area (Å²) in [5.74, 6) is 1.51. The molecule has 3 nitrogen and oxygen atoms in total. The van der Waals surface area contributed by atoms with E-state index in [0.717, 1.165) is 16.9 Å². The second-order valence-electron chi connectivity index (χ2n) is 4.27. The number of halogens is 1. The van der Waals surface area contributed by atoms with E-state index in [2.05, 4.69) is 0 Å². The van der Waals surface area contributed by atoms with Crippen molar-refractivity contribution in [2.24, 2.45) is 0 Å². The SMILES string of the molecule is COc1ccc(COc2ccc(Cl)cc2N)cc1C. The number of aryl methyl sites for hydroxylation is 1. The summed E-state index contributed by atoms with van der Waals surface area (Å²) < 4.78 is 10.9. The standard InChI is InChI=1S/C15H16ClNO2/c1-10-7-11(3-5-14(10)18-2)9-19-15-6-4-12(16)8-13(15)17/h3-8H,9,17H2,1-2H3. The lowest BCUT2D eigenvalue weighted by Gasteiger charge is -2.11. The molecule has 0 saturated carbocycles. The van der Waals surface area contributed by atoms with E-state index < -0.39 is 0 Å². The van der Waals surface area contributed by atoms with E-state index in [4.69, 9.17) is 26.8 Å². The zero-order valence-electron chi connectivity index (χ0n) is 10.9. The zero-order valence-corrected chi connectivity index (χ0v) is 11.7. The molecule has 0 atom stereocenters. The first-order chi connectivity index (χ1) is 9.10. The van der Waals surface area contributed by atoms with Gasteiger partial charge in [0.25, 0.3) is 0 Å². The molecule has 0 amide bonds. The molecule has 0 aromatic heterocycles. The third-order valence-corrected chi connectivity index (χ3v) is 3.06. The average Bonchev–Trinajstić information content (AvgIpc) is 2.38. The fourth-order valence-corrected chi connectivity index (χ4v) is 2.02. The Morgan fingerprint density at radius 3 is 2.47 bits per heavy atom. The Kier molecular flexibility index (Phi) is 4.17. The highest BCUT2D eigenvalue weighted by atomic mass is 35.5. The maximum atomic E-state index is 5.84. The van der Waals surface area contributed by atoms with Crippen LogP contribution in [-0.2, 0) is 6.61 Å². The highest BCUT2D eigenvalue weighted by Crippen LogP contribution is 2.26. The van der Waals surface area contributed by atoms with Gasteiger partial charge in [0.2, 0.25) is 0 Å². The van der Waals surface area contributed by atoms with Gasteiger partial charge in [-0.25, -0.2) is 0 Å². The Morgan fingerprint density at radius 1 is 1.11 bits per heavy atom. The molecule has 0 fully saturated rings. The van der Waals surface area contributed by atoms with Gasteiger partial charge in [-0.15, -0.1) is 0 Å². The highest BCUT2D eigenvalue weighted by Gasteiger charge is 2.04. The third kappa shape index (κ3) is 3.32. The Hall–Kier alpha value is -1.87. The molecule has 100 valence electrons. The van der Waals surface area contributed by atoms with Crippen LogP contribution in [0.25, 0.3) is 0 Å². The van der Waals surface area contributed by atoms with Crippen molar-refractivity contribution in [3.05, 3.63) is 52.5 Å². The first-order valence-electron chi connectivity index (χ1n) is 5.91. The molecule has 0 aliphatic carbocycles. The molecule has 2 aromatic carbocycles. The maximum Gasteiger partial charge on any atom is 0.142 e. The van der Waals surface area contributed by atoms with Gasteiger partial charge in [0.1, 0.15) is 18.1 Å². The summed E-state index contributed by atoms with van der Waals surface area (Å²) in [4.78, 5) is 0. The number of nitrogens with two attached hydrogens (primary N) is 1. The van der Waals surface area contributed by atoms with E-state index in [1.807, 2.05) is 25.1 Å². The Labute approximate surface area is 117 Å². The quantitative estimate of drug-likeness (QED) is 0.864. The summed E-state index contributed by atoms with van der Waals surface area (Å²) in [5, 5.41) is 0.602. The van der Waals surface area contributed by atoms with Crippen molar-refractivity contribution < 1.29 is 9.47 Å². The average molecular weight is 278 g/mol. The third-order valence-electron chi connectivity index (χ3n) is 2.83. The zero-order chi connectivity index (χ0) is 13.8. The van der Waals surface area contributed by atoms with Crippen LogP contribution in [-0.4, -0.2) is 7.11 Å². The molecule has 0 spiro atoms. The fourth-order valence-electron chi connectivity index (χ4n) is 1.84. The van der Waals surface area contributed by atoms with Gasteiger partial charge in [0.05, 0.1) is 12.8 Å². The molecule has 0 bridgehead atoms. The smallest absolute Gasteiger partial charge is 0.142 e. The van der Waals surface area contributed by atoms with Crippen LogP contribution in [0.3, 0.4) is 0 Å². The lowest BCUT2D eigenvalue weighted by Crippen LogP contribution is -1.99. The summed E-state index contributed by atoms with van der Waals surface area (Å²) in [6.45, 7) is 2.45. The van der Waals surface area contributed by atoms with E-state index in [1.165, 1.54) is 0 Å². The predicted octanol–water partition coefficient (Wildman–Crippen LogP) is 3.82. The van der Waals surface area contributed by atoms with Crippen molar-refractivity contribution in [2.45, 2.75) is 13.5 Å². The number of ether oxygens (including phenoxy) is 2. The van der Waals surface area contributed by atoms with Crippen LogP contribution >= 0.6 is 11.6 Å². The van der Waals surface area contributed by atoms with Gasteiger partial charge in [-0.3, -0.25) is 0 Å². The van der Waals surface area contributed by atoms with Crippen LogP contribution in [0, 0.1) is 6.92 Å². The van der Waals surface area contributed by atoms with E-state index in [9.17, 15) is 0 Å².